The van der Waals surface area contributed by atoms with Crippen molar-refractivity contribution >= 4 is 16.3 Å². The number of hydrogen-bond acceptors (Lipinski definition) is 5. The van der Waals surface area contributed by atoms with Gasteiger partial charge in [-0.25, -0.2) is 0 Å². The van der Waals surface area contributed by atoms with Crippen LogP contribution in [0.5, 0.6) is 0 Å². The van der Waals surface area contributed by atoms with Crippen molar-refractivity contribution < 1.29 is 4.92 Å². The summed E-state index contributed by atoms with van der Waals surface area (Å²) >= 11 is 1.25. The van der Waals surface area contributed by atoms with Crippen molar-refractivity contribution in [2.75, 3.05) is 13.1 Å². The van der Waals surface area contributed by atoms with Crippen molar-refractivity contribution in [3.63, 3.8) is 0 Å². The van der Waals surface area contributed by atoms with Gasteiger partial charge in [0.1, 0.15) is 0 Å². The zero-order valence-electron chi connectivity index (χ0n) is 9.13. The molecule has 1 aromatic heterocycles. The second-order valence-corrected chi connectivity index (χ2v) is 5.48. The predicted molar refractivity (Wildman–Crippen MR) is 63.4 cm³/mol. The summed E-state index contributed by atoms with van der Waals surface area (Å²) < 4.78 is 0. The normalized spacial score (nSPS) is 26.1. The van der Waals surface area contributed by atoms with Crippen LogP contribution in [0.2, 0.25) is 0 Å². The fourth-order valence-electron chi connectivity index (χ4n) is 1.99. The van der Waals surface area contributed by atoms with E-state index in [9.17, 15) is 10.1 Å². The molecule has 0 bridgehead atoms. The highest BCUT2D eigenvalue weighted by Crippen LogP contribution is 2.26. The van der Waals surface area contributed by atoms with Gasteiger partial charge in [0.15, 0.2) is 0 Å². The molecular weight excluding hydrogens is 226 g/mol. The van der Waals surface area contributed by atoms with Gasteiger partial charge >= 0.3 is 5.00 Å². The summed E-state index contributed by atoms with van der Waals surface area (Å²) in [6.45, 7) is 4.78. The molecule has 0 aromatic carbocycles. The van der Waals surface area contributed by atoms with Crippen molar-refractivity contribution in [2.24, 2.45) is 11.7 Å². The fourth-order valence-corrected chi connectivity index (χ4v) is 2.86. The van der Waals surface area contributed by atoms with Crippen molar-refractivity contribution in [3.8, 4) is 0 Å². The van der Waals surface area contributed by atoms with Crippen LogP contribution in [-0.4, -0.2) is 29.0 Å². The Morgan fingerprint density at radius 1 is 1.62 bits per heavy atom. The molecule has 0 radical (unpaired) electrons. The largest absolute Gasteiger partial charge is 0.326 e. The monoisotopic (exact) mass is 241 g/mol. The SMILES string of the molecule is CC1CN(Cc2ccc([N+](=O)[O-])s2)CC1N. The average molecular weight is 241 g/mol. The summed E-state index contributed by atoms with van der Waals surface area (Å²) in [5.41, 5.74) is 5.93. The van der Waals surface area contributed by atoms with E-state index in [1.54, 1.807) is 6.07 Å². The van der Waals surface area contributed by atoms with Gasteiger partial charge in [-0.05, 0) is 12.0 Å². The predicted octanol–water partition coefficient (Wildman–Crippen LogP) is 1.44. The van der Waals surface area contributed by atoms with Gasteiger partial charge in [-0.2, -0.15) is 0 Å². The van der Waals surface area contributed by atoms with Crippen LogP contribution in [-0.2, 0) is 6.54 Å². The Labute approximate surface area is 98.0 Å². The third kappa shape index (κ3) is 2.40. The van der Waals surface area contributed by atoms with Gasteiger partial charge in [-0.1, -0.05) is 18.3 Å². The summed E-state index contributed by atoms with van der Waals surface area (Å²) in [6.07, 6.45) is 0. The van der Waals surface area contributed by atoms with Gasteiger partial charge in [-0.15, -0.1) is 0 Å². The van der Waals surface area contributed by atoms with Gasteiger partial charge < -0.3 is 5.73 Å². The van der Waals surface area contributed by atoms with E-state index < -0.39 is 0 Å². The Morgan fingerprint density at radius 3 is 2.88 bits per heavy atom. The minimum absolute atomic E-state index is 0.214. The molecule has 1 aliphatic rings. The number of nitro groups is 1. The lowest BCUT2D eigenvalue weighted by molar-refractivity contribution is -0.380. The molecule has 2 N–H and O–H groups in total. The van der Waals surface area contributed by atoms with Crippen LogP contribution in [0.25, 0.3) is 0 Å². The second-order valence-electron chi connectivity index (χ2n) is 4.33. The Kier molecular flexibility index (Phi) is 3.22. The van der Waals surface area contributed by atoms with Crippen LogP contribution >= 0.6 is 11.3 Å². The zero-order valence-corrected chi connectivity index (χ0v) is 9.94. The quantitative estimate of drug-likeness (QED) is 0.642. The van der Waals surface area contributed by atoms with Crippen LogP contribution in [0.15, 0.2) is 12.1 Å². The van der Waals surface area contributed by atoms with E-state index in [2.05, 4.69) is 11.8 Å². The van der Waals surface area contributed by atoms with E-state index >= 15 is 0 Å². The summed E-state index contributed by atoms with van der Waals surface area (Å²) in [7, 11) is 0. The molecule has 2 unspecified atom stereocenters. The van der Waals surface area contributed by atoms with Crippen LogP contribution in [0.4, 0.5) is 5.00 Å². The molecule has 6 heteroatoms. The molecule has 0 saturated carbocycles. The molecule has 2 heterocycles. The minimum atomic E-state index is -0.341. The maximum atomic E-state index is 10.5. The van der Waals surface area contributed by atoms with Gasteiger partial charge in [0, 0.05) is 36.6 Å². The number of likely N-dealkylation sites (tertiary alicyclic amines) is 1. The van der Waals surface area contributed by atoms with E-state index in [0.717, 1.165) is 24.5 Å². The average Bonchev–Trinajstić information content (AvgIpc) is 2.76. The Balaban J connectivity index is 1.97. The summed E-state index contributed by atoms with van der Waals surface area (Å²) in [5.74, 6) is 0.509. The first-order valence-electron chi connectivity index (χ1n) is 5.27. The number of nitrogens with two attached hydrogens (primary N) is 1. The van der Waals surface area contributed by atoms with Gasteiger partial charge in [-0.3, -0.25) is 15.0 Å². The number of hydrogen-bond donors (Lipinski definition) is 1. The van der Waals surface area contributed by atoms with Gasteiger partial charge in [0.2, 0.25) is 0 Å². The molecule has 16 heavy (non-hydrogen) atoms. The lowest BCUT2D eigenvalue weighted by atomic mass is 10.1. The number of rotatable bonds is 3. The van der Waals surface area contributed by atoms with Crippen LogP contribution in [0.1, 0.15) is 11.8 Å². The molecule has 1 aliphatic heterocycles. The second kappa shape index (κ2) is 4.48. The first kappa shape index (κ1) is 11.5. The van der Waals surface area contributed by atoms with Crippen molar-refractivity contribution in [1.29, 1.82) is 0 Å². The Morgan fingerprint density at radius 2 is 2.38 bits per heavy atom. The third-order valence-corrected chi connectivity index (χ3v) is 3.97. The zero-order chi connectivity index (χ0) is 11.7. The van der Waals surface area contributed by atoms with Crippen molar-refractivity contribution in [3.05, 3.63) is 27.1 Å². The smallest absolute Gasteiger partial charge is 0.324 e. The maximum Gasteiger partial charge on any atom is 0.324 e. The van der Waals surface area contributed by atoms with E-state index in [1.807, 2.05) is 6.07 Å². The van der Waals surface area contributed by atoms with E-state index in [-0.39, 0.29) is 16.0 Å². The molecule has 0 aliphatic carbocycles. The molecule has 1 aromatic rings. The maximum absolute atomic E-state index is 10.5. The topological polar surface area (TPSA) is 72.4 Å². The molecule has 2 atom stereocenters. The first-order chi connectivity index (χ1) is 7.56. The van der Waals surface area contributed by atoms with E-state index in [4.69, 9.17) is 5.73 Å². The first-order valence-corrected chi connectivity index (χ1v) is 6.09. The lowest BCUT2D eigenvalue weighted by Crippen LogP contribution is -2.28. The number of nitrogens with zero attached hydrogens (tertiary/aromatic N) is 2. The molecule has 1 saturated heterocycles. The van der Waals surface area contributed by atoms with Crippen LogP contribution < -0.4 is 5.73 Å². The summed E-state index contributed by atoms with van der Waals surface area (Å²) in [5, 5.41) is 10.8. The lowest BCUT2D eigenvalue weighted by Gasteiger charge is -2.12. The molecule has 2 rings (SSSR count). The van der Waals surface area contributed by atoms with Crippen LogP contribution in [0, 0.1) is 16.0 Å². The van der Waals surface area contributed by atoms with Crippen molar-refractivity contribution in [2.45, 2.75) is 19.5 Å². The highest BCUT2D eigenvalue weighted by Gasteiger charge is 2.26. The number of thiophene rings is 1. The summed E-state index contributed by atoms with van der Waals surface area (Å²) in [6, 6.07) is 3.63. The van der Waals surface area contributed by atoms with Crippen LogP contribution in [0.3, 0.4) is 0 Å². The molecular formula is C10H15N3O2S. The summed E-state index contributed by atoms with van der Waals surface area (Å²) in [4.78, 5) is 13.5. The highest BCUT2D eigenvalue weighted by molar-refractivity contribution is 7.15. The molecule has 5 nitrogen and oxygen atoms in total. The third-order valence-electron chi connectivity index (χ3n) is 2.95. The van der Waals surface area contributed by atoms with E-state index in [1.165, 1.54) is 11.3 Å². The van der Waals surface area contributed by atoms with Gasteiger partial charge in [0.25, 0.3) is 0 Å². The molecule has 0 amide bonds. The Bertz CT molecular complexity index is 383. The van der Waals surface area contributed by atoms with Crippen molar-refractivity contribution in [1.82, 2.24) is 4.90 Å². The minimum Gasteiger partial charge on any atom is -0.326 e. The molecule has 1 fully saturated rings. The molecule has 0 spiro atoms. The molecule has 88 valence electrons. The highest BCUT2D eigenvalue weighted by atomic mass is 32.1. The fraction of sp³-hybridized carbons (Fsp3) is 0.600. The van der Waals surface area contributed by atoms with Gasteiger partial charge in [0.05, 0.1) is 4.92 Å². The Hall–Kier alpha value is -0.980. The van der Waals surface area contributed by atoms with E-state index in [0.29, 0.717) is 5.92 Å². The standard InChI is InChI=1S/C10H15N3O2S/c1-7-4-12(6-9(7)11)5-8-2-3-10(16-8)13(14)15/h2-3,7,9H,4-6,11H2,1H3.